The minimum Gasteiger partial charge on any atom is -0.390 e. The van der Waals surface area contributed by atoms with Crippen LogP contribution in [-0.4, -0.2) is 39.4 Å². The first-order valence-corrected chi connectivity index (χ1v) is 9.25. The van der Waals surface area contributed by atoms with Crippen molar-refractivity contribution in [3.05, 3.63) is 53.6 Å². The fraction of sp³-hybridized carbons (Fsp3) is 0.412. The maximum absolute atomic E-state index is 13.6. The van der Waals surface area contributed by atoms with Gasteiger partial charge in [-0.15, -0.1) is 11.8 Å². The Morgan fingerprint density at radius 1 is 1.40 bits per heavy atom. The summed E-state index contributed by atoms with van der Waals surface area (Å²) in [5.74, 6) is 1.10. The maximum Gasteiger partial charge on any atom is 0.225 e. The van der Waals surface area contributed by atoms with Gasteiger partial charge in [-0.2, -0.15) is 0 Å². The van der Waals surface area contributed by atoms with Crippen molar-refractivity contribution in [3.8, 4) is 0 Å². The van der Waals surface area contributed by atoms with E-state index in [4.69, 9.17) is 5.73 Å². The predicted molar refractivity (Wildman–Crippen MR) is 95.3 cm³/mol. The normalized spacial score (nSPS) is 28.8. The largest absolute Gasteiger partial charge is 0.390 e. The molecule has 25 heavy (non-hydrogen) atoms. The second kappa shape index (κ2) is 6.53. The molecule has 8 heteroatoms. The molecule has 2 aliphatic rings. The summed E-state index contributed by atoms with van der Waals surface area (Å²) in [6.45, 7) is 0.950. The van der Waals surface area contributed by atoms with E-state index in [1.165, 1.54) is 5.56 Å². The number of aromatic nitrogens is 2. The molecule has 0 radical (unpaired) electrons. The van der Waals surface area contributed by atoms with Gasteiger partial charge in [-0.05, 0) is 5.56 Å². The van der Waals surface area contributed by atoms with Crippen molar-refractivity contribution >= 4 is 17.7 Å². The van der Waals surface area contributed by atoms with Crippen LogP contribution in [0, 0.1) is 11.7 Å². The number of nitrogens with one attached hydrogen (secondary N) is 1. The molecule has 132 valence electrons. The van der Waals surface area contributed by atoms with Gasteiger partial charge in [-0.3, -0.25) is 5.32 Å². The zero-order valence-electron chi connectivity index (χ0n) is 13.6. The first-order valence-electron chi connectivity index (χ1n) is 8.20. The minimum absolute atomic E-state index is 0.0210. The van der Waals surface area contributed by atoms with E-state index >= 15 is 0 Å². The van der Waals surface area contributed by atoms with E-state index in [0.29, 0.717) is 18.4 Å². The monoisotopic (exact) mass is 361 g/mol. The smallest absolute Gasteiger partial charge is 0.225 e. The van der Waals surface area contributed by atoms with Crippen LogP contribution in [0.4, 0.5) is 10.3 Å². The lowest BCUT2D eigenvalue weighted by atomic mass is 9.81. The van der Waals surface area contributed by atoms with Crippen LogP contribution in [0.15, 0.2) is 36.5 Å². The average molecular weight is 361 g/mol. The molecule has 4 rings (SSSR count). The summed E-state index contributed by atoms with van der Waals surface area (Å²) in [6.07, 6.45) is 1.12. The van der Waals surface area contributed by atoms with Gasteiger partial charge in [0, 0.05) is 24.8 Å². The van der Waals surface area contributed by atoms with Crippen LogP contribution in [0.25, 0.3) is 0 Å². The minimum atomic E-state index is -0.587. The molecule has 1 aromatic carbocycles. The molecule has 0 amide bonds. The average Bonchev–Trinajstić information content (AvgIpc) is 3.03. The molecule has 2 saturated heterocycles. The fourth-order valence-corrected chi connectivity index (χ4v) is 4.87. The third-order valence-corrected chi connectivity index (χ3v) is 6.05. The third kappa shape index (κ3) is 2.89. The van der Waals surface area contributed by atoms with Crippen LogP contribution >= 0.6 is 11.8 Å². The molecule has 2 aromatic rings. The topological polar surface area (TPSA) is 87.3 Å². The summed E-state index contributed by atoms with van der Waals surface area (Å²) in [7, 11) is 0. The predicted octanol–water partition coefficient (Wildman–Crippen LogP) is 1.02. The molecule has 2 fully saturated rings. The Labute approximate surface area is 149 Å². The van der Waals surface area contributed by atoms with Gasteiger partial charge < -0.3 is 15.7 Å². The number of hydrogen-bond acceptors (Lipinski definition) is 7. The first kappa shape index (κ1) is 16.7. The van der Waals surface area contributed by atoms with Gasteiger partial charge in [0.15, 0.2) is 5.82 Å². The van der Waals surface area contributed by atoms with E-state index in [-0.39, 0.29) is 16.7 Å². The molecule has 3 heterocycles. The molecular weight excluding hydrogens is 341 g/mol. The van der Waals surface area contributed by atoms with Crippen molar-refractivity contribution in [2.24, 2.45) is 11.7 Å². The van der Waals surface area contributed by atoms with Gasteiger partial charge in [-0.1, -0.05) is 30.3 Å². The number of nitrogens with zero attached hydrogens (tertiary/aromatic N) is 3. The number of halogens is 1. The quantitative estimate of drug-likeness (QED) is 0.752. The van der Waals surface area contributed by atoms with Crippen molar-refractivity contribution in [1.82, 2.24) is 15.3 Å². The zero-order valence-corrected chi connectivity index (χ0v) is 14.4. The van der Waals surface area contributed by atoms with Crippen molar-refractivity contribution in [3.63, 3.8) is 0 Å². The number of aliphatic hydroxyl groups excluding tert-OH is 1. The van der Waals surface area contributed by atoms with Crippen LogP contribution in [0.3, 0.4) is 0 Å². The van der Waals surface area contributed by atoms with Gasteiger partial charge in [0.1, 0.15) is 11.2 Å². The van der Waals surface area contributed by atoms with Crippen molar-refractivity contribution in [1.29, 1.82) is 0 Å². The maximum atomic E-state index is 13.6. The molecule has 1 aromatic heterocycles. The van der Waals surface area contributed by atoms with Crippen LogP contribution in [-0.2, 0) is 12.1 Å². The molecule has 3 atom stereocenters. The highest BCUT2D eigenvalue weighted by atomic mass is 32.2. The lowest BCUT2D eigenvalue weighted by Gasteiger charge is -2.42. The molecule has 0 bridgehead atoms. The fourth-order valence-electron chi connectivity index (χ4n) is 3.74. The van der Waals surface area contributed by atoms with E-state index < -0.39 is 12.4 Å². The Kier molecular flexibility index (Phi) is 4.36. The second-order valence-corrected chi connectivity index (χ2v) is 7.61. The Hall–Kier alpha value is -1.74. The molecule has 2 aliphatic heterocycles. The highest BCUT2D eigenvalue weighted by Gasteiger charge is 2.51. The number of rotatable bonds is 3. The number of aliphatic hydroxyl groups is 1. The van der Waals surface area contributed by atoms with Crippen molar-refractivity contribution in [2.45, 2.75) is 17.6 Å². The Balaban J connectivity index is 1.71. The van der Waals surface area contributed by atoms with Crippen LogP contribution < -0.4 is 16.0 Å². The van der Waals surface area contributed by atoms with Crippen molar-refractivity contribution < 1.29 is 9.50 Å². The summed E-state index contributed by atoms with van der Waals surface area (Å²) in [4.78, 5) is 10.4. The summed E-state index contributed by atoms with van der Waals surface area (Å²) in [6, 6.07) is 10.3. The number of fused-ring (bicyclic) bond motifs is 1. The summed E-state index contributed by atoms with van der Waals surface area (Å²) in [5.41, 5.74) is 6.96. The number of anilines is 1. The van der Waals surface area contributed by atoms with Gasteiger partial charge in [0.2, 0.25) is 5.95 Å². The molecule has 0 saturated carbocycles. The number of thioether (sulfide) groups is 1. The van der Waals surface area contributed by atoms with E-state index in [9.17, 15) is 9.50 Å². The third-order valence-electron chi connectivity index (χ3n) is 4.98. The lowest BCUT2D eigenvalue weighted by molar-refractivity contribution is 0.269. The zero-order chi connectivity index (χ0) is 17.4. The van der Waals surface area contributed by atoms with Crippen molar-refractivity contribution in [2.75, 3.05) is 23.7 Å². The van der Waals surface area contributed by atoms with Crippen LogP contribution in [0.1, 0.15) is 11.3 Å². The van der Waals surface area contributed by atoms with Gasteiger partial charge in [0.25, 0.3) is 0 Å². The SMILES string of the molecule is NC1N[C@@]2(c3ccccc3)CN(c3ncc(F)c(CO)n3)C[C@H]2CS1. The van der Waals surface area contributed by atoms with E-state index in [1.807, 2.05) is 23.1 Å². The van der Waals surface area contributed by atoms with E-state index in [1.54, 1.807) is 11.8 Å². The first-order chi connectivity index (χ1) is 12.1. The molecule has 0 spiro atoms. The van der Waals surface area contributed by atoms with E-state index in [0.717, 1.165) is 18.5 Å². The number of nitrogens with two attached hydrogens (primary N) is 1. The molecule has 6 nitrogen and oxygen atoms in total. The van der Waals surface area contributed by atoms with Crippen LogP contribution in [0.2, 0.25) is 0 Å². The molecule has 1 unspecified atom stereocenters. The van der Waals surface area contributed by atoms with Gasteiger partial charge in [0.05, 0.1) is 18.3 Å². The molecule has 4 N–H and O–H groups in total. The summed E-state index contributed by atoms with van der Waals surface area (Å²) in [5, 5.41) is 12.8. The van der Waals surface area contributed by atoms with Crippen LogP contribution in [0.5, 0.6) is 0 Å². The summed E-state index contributed by atoms with van der Waals surface area (Å²) >= 11 is 1.69. The number of benzene rings is 1. The van der Waals surface area contributed by atoms with E-state index in [2.05, 4.69) is 27.4 Å². The Morgan fingerprint density at radius 3 is 2.96 bits per heavy atom. The lowest BCUT2D eigenvalue weighted by Crippen LogP contribution is -2.59. The highest BCUT2D eigenvalue weighted by molar-refractivity contribution is 7.99. The summed E-state index contributed by atoms with van der Waals surface area (Å²) < 4.78 is 13.6. The number of hydrogen-bond donors (Lipinski definition) is 3. The standard InChI is InChI=1S/C17H20FN5OS/c18-13-6-20-16(21-14(13)8-24)23-7-12-9-25-15(19)22-17(12,10-23)11-4-2-1-3-5-11/h1-6,12,15,22,24H,7-10,19H2/t12-,15?,17+/m0/s1. The van der Waals surface area contributed by atoms with Gasteiger partial charge >= 0.3 is 0 Å². The highest BCUT2D eigenvalue weighted by Crippen LogP contribution is 2.43. The van der Waals surface area contributed by atoms with Gasteiger partial charge in [-0.25, -0.2) is 14.4 Å². The molecular formula is C17H20FN5OS. The Morgan fingerprint density at radius 2 is 2.20 bits per heavy atom. The Bertz CT molecular complexity index is 764. The second-order valence-electron chi connectivity index (χ2n) is 6.44. The molecule has 0 aliphatic carbocycles.